The van der Waals surface area contributed by atoms with Gasteiger partial charge in [-0.1, -0.05) is 140 Å². The van der Waals surface area contributed by atoms with Crippen molar-refractivity contribution < 1.29 is 0 Å². The predicted octanol–water partition coefficient (Wildman–Crippen LogP) is 14.9. The van der Waals surface area contributed by atoms with E-state index in [1.165, 1.54) is 47.5 Å². The molecule has 59 heavy (non-hydrogen) atoms. The van der Waals surface area contributed by atoms with Crippen molar-refractivity contribution >= 4 is 82.7 Å². The zero-order valence-corrected chi connectivity index (χ0v) is 32.6. The number of nitrogens with zero attached hydrogens (tertiary/aromatic N) is 4. The highest BCUT2D eigenvalue weighted by atomic mass is 32.1. The van der Waals surface area contributed by atoms with Gasteiger partial charge in [0.15, 0.2) is 5.82 Å². The highest BCUT2D eigenvalue weighted by Gasteiger charge is 2.25. The highest BCUT2D eigenvalue weighted by Crippen LogP contribution is 2.47. The molecule has 0 saturated carbocycles. The normalized spacial score (nSPS) is 12.3. The van der Waals surface area contributed by atoms with E-state index in [-0.39, 0.29) is 0 Å². The van der Waals surface area contributed by atoms with Crippen LogP contribution < -0.4 is 4.90 Å². The minimum atomic E-state index is 0.684. The van der Waals surface area contributed by atoms with Crippen molar-refractivity contribution in [2.75, 3.05) is 4.90 Å². The lowest BCUT2D eigenvalue weighted by Crippen LogP contribution is -2.14. The van der Waals surface area contributed by atoms with Gasteiger partial charge in [-0.15, -0.1) is 11.3 Å². The number of para-hydroxylation sites is 2. The van der Waals surface area contributed by atoms with Crippen molar-refractivity contribution in [3.05, 3.63) is 205 Å². The van der Waals surface area contributed by atoms with Gasteiger partial charge in [-0.3, -0.25) is 4.90 Å². The van der Waals surface area contributed by atoms with Gasteiger partial charge in [0.25, 0.3) is 0 Å². The summed E-state index contributed by atoms with van der Waals surface area (Å²) in [6.45, 7) is 0. The van der Waals surface area contributed by atoms with Crippen LogP contribution in [0.3, 0.4) is 0 Å². The highest BCUT2D eigenvalue weighted by molar-refractivity contribution is 7.25. The van der Waals surface area contributed by atoms with Crippen molar-refractivity contribution in [1.82, 2.24) is 14.5 Å². The summed E-state index contributed by atoms with van der Waals surface area (Å²) >= 11 is 1.84. The molecule has 0 bridgehead atoms. The van der Waals surface area contributed by atoms with E-state index in [4.69, 9.17) is 9.97 Å². The first-order chi connectivity index (χ1) is 29.2. The van der Waals surface area contributed by atoms with E-state index in [9.17, 15) is 0 Å². The minimum Gasteiger partial charge on any atom is -0.309 e. The molecule has 1 aliphatic heterocycles. The summed E-state index contributed by atoms with van der Waals surface area (Å²) in [7, 11) is 0. The van der Waals surface area contributed by atoms with E-state index in [2.05, 4.69) is 191 Å². The van der Waals surface area contributed by atoms with Gasteiger partial charge < -0.3 is 4.57 Å². The number of hydrogen-bond acceptors (Lipinski definition) is 4. The summed E-state index contributed by atoms with van der Waals surface area (Å²) in [5.41, 5.74) is 13.1. The van der Waals surface area contributed by atoms with Crippen LogP contribution in [0, 0.1) is 0 Å². The third-order valence-electron chi connectivity index (χ3n) is 11.5. The number of rotatable bonds is 5. The molecule has 8 aromatic carbocycles. The van der Waals surface area contributed by atoms with Crippen LogP contribution in [0.2, 0.25) is 0 Å². The summed E-state index contributed by atoms with van der Waals surface area (Å²) in [5.74, 6) is 1.49. The Morgan fingerprint density at radius 2 is 1.03 bits per heavy atom. The largest absolute Gasteiger partial charge is 0.309 e. The molecule has 0 saturated heterocycles. The SMILES string of the molecule is C1=Cc2cc3sc4ccccc4c3cc2N(c2cc(-c3ccccc3)nc(-c3ccccc3)n2)c2ccc(-c3ccc4c(c3)c3ccccc3n4-c3ccccc3)cc21. The van der Waals surface area contributed by atoms with Crippen molar-refractivity contribution in [3.8, 4) is 39.5 Å². The average Bonchev–Trinajstić information content (AvgIpc) is 3.78. The topological polar surface area (TPSA) is 34.0 Å². The molecule has 11 aromatic rings. The van der Waals surface area contributed by atoms with Gasteiger partial charge in [-0.25, -0.2) is 9.97 Å². The molecule has 0 unspecified atom stereocenters. The maximum Gasteiger partial charge on any atom is 0.162 e. The quantitative estimate of drug-likeness (QED) is 0.175. The summed E-state index contributed by atoms with van der Waals surface area (Å²) in [6, 6.07) is 69.4. The van der Waals surface area contributed by atoms with Gasteiger partial charge >= 0.3 is 0 Å². The van der Waals surface area contributed by atoms with E-state index in [0.717, 1.165) is 56.4 Å². The fourth-order valence-corrected chi connectivity index (χ4v) is 9.90. The Balaban J connectivity index is 1.07. The number of hydrogen-bond donors (Lipinski definition) is 0. The maximum atomic E-state index is 5.38. The first-order valence-corrected chi connectivity index (χ1v) is 20.7. The second kappa shape index (κ2) is 13.5. The summed E-state index contributed by atoms with van der Waals surface area (Å²) in [5, 5.41) is 4.98. The second-order valence-corrected chi connectivity index (χ2v) is 16.1. The Morgan fingerprint density at radius 3 is 1.85 bits per heavy atom. The zero-order valence-electron chi connectivity index (χ0n) is 31.8. The summed E-state index contributed by atoms with van der Waals surface area (Å²) in [6.07, 6.45) is 4.55. The molecule has 1 aliphatic rings. The van der Waals surface area contributed by atoms with Crippen LogP contribution in [-0.2, 0) is 0 Å². The van der Waals surface area contributed by atoms with Gasteiger partial charge in [0.1, 0.15) is 5.82 Å². The third kappa shape index (κ3) is 5.58. The number of anilines is 3. The van der Waals surface area contributed by atoms with Crippen molar-refractivity contribution in [1.29, 1.82) is 0 Å². The summed E-state index contributed by atoms with van der Waals surface area (Å²) in [4.78, 5) is 12.9. The van der Waals surface area contributed by atoms with Crippen LogP contribution in [0.4, 0.5) is 17.2 Å². The van der Waals surface area contributed by atoms with Crippen LogP contribution in [-0.4, -0.2) is 14.5 Å². The van der Waals surface area contributed by atoms with E-state index in [0.29, 0.717) is 5.82 Å². The van der Waals surface area contributed by atoms with Gasteiger partial charge in [0.05, 0.1) is 28.1 Å². The summed E-state index contributed by atoms with van der Waals surface area (Å²) < 4.78 is 4.92. The Hall–Kier alpha value is -7.60. The van der Waals surface area contributed by atoms with E-state index in [1.807, 2.05) is 35.6 Å². The van der Waals surface area contributed by atoms with Crippen LogP contribution >= 0.6 is 11.3 Å². The Labute approximate surface area is 345 Å². The number of fused-ring (bicyclic) bond motifs is 8. The van der Waals surface area contributed by atoms with E-state index < -0.39 is 0 Å². The van der Waals surface area contributed by atoms with Crippen molar-refractivity contribution in [2.24, 2.45) is 0 Å². The lowest BCUT2D eigenvalue weighted by atomic mass is 9.99. The van der Waals surface area contributed by atoms with Crippen LogP contribution in [0.15, 0.2) is 194 Å². The van der Waals surface area contributed by atoms with E-state index in [1.54, 1.807) is 0 Å². The number of thiophene rings is 1. The molecule has 4 nitrogen and oxygen atoms in total. The van der Waals surface area contributed by atoms with E-state index >= 15 is 0 Å². The van der Waals surface area contributed by atoms with Gasteiger partial charge in [-0.2, -0.15) is 0 Å². The molecule has 5 heteroatoms. The molecule has 0 spiro atoms. The fraction of sp³-hybridized carbons (Fsp3) is 0. The molecule has 0 amide bonds. The Bertz CT molecular complexity index is 3380. The monoisotopic (exact) mass is 770 g/mol. The van der Waals surface area contributed by atoms with Crippen molar-refractivity contribution in [2.45, 2.75) is 0 Å². The molecule has 0 aliphatic carbocycles. The molecule has 12 rings (SSSR count). The molecule has 0 radical (unpaired) electrons. The van der Waals surface area contributed by atoms with Crippen LogP contribution in [0.25, 0.3) is 93.6 Å². The molecular formula is C54H34N4S. The fourth-order valence-electron chi connectivity index (χ4n) is 8.76. The number of benzene rings is 8. The van der Waals surface area contributed by atoms with Crippen molar-refractivity contribution in [3.63, 3.8) is 0 Å². The molecular weight excluding hydrogens is 737 g/mol. The molecule has 4 heterocycles. The average molecular weight is 771 g/mol. The number of aromatic nitrogens is 3. The maximum absolute atomic E-state index is 5.38. The molecule has 276 valence electrons. The molecule has 0 atom stereocenters. The molecule has 0 N–H and O–H groups in total. The standard InChI is InChI=1S/C54H34N4S/c1-4-14-35(15-5-1)46-34-53(56-54(55-46)36-16-6-2-7-17-36)58-47-28-26-37(30-39(47)24-25-40-32-52-45(33-50(40)58)43-21-11-13-23-51(43)59-52)38-27-29-49-44(31-38)42-20-10-12-22-48(42)57(49)41-18-8-3-9-19-41/h1-34H. The van der Waals surface area contributed by atoms with Gasteiger partial charge in [0.2, 0.25) is 0 Å². The third-order valence-corrected chi connectivity index (χ3v) is 12.7. The molecule has 3 aromatic heterocycles. The molecule has 0 fully saturated rings. The van der Waals surface area contributed by atoms with Crippen LogP contribution in [0.1, 0.15) is 11.1 Å². The zero-order chi connectivity index (χ0) is 38.9. The Morgan fingerprint density at radius 1 is 0.390 bits per heavy atom. The predicted molar refractivity (Wildman–Crippen MR) is 249 cm³/mol. The lowest BCUT2D eigenvalue weighted by molar-refractivity contribution is 1.12. The minimum absolute atomic E-state index is 0.684. The van der Waals surface area contributed by atoms with Gasteiger partial charge in [0, 0.05) is 59.4 Å². The first-order valence-electron chi connectivity index (χ1n) is 19.9. The first kappa shape index (κ1) is 33.5. The van der Waals surface area contributed by atoms with Gasteiger partial charge in [-0.05, 0) is 77.4 Å². The van der Waals surface area contributed by atoms with Crippen LogP contribution in [0.5, 0.6) is 0 Å². The smallest absolute Gasteiger partial charge is 0.162 e. The lowest BCUT2D eigenvalue weighted by Gasteiger charge is -2.27. The second-order valence-electron chi connectivity index (χ2n) is 15.0. The Kier molecular flexibility index (Phi) is 7.68.